The van der Waals surface area contributed by atoms with Crippen molar-refractivity contribution in [1.82, 2.24) is 0 Å². The summed E-state index contributed by atoms with van der Waals surface area (Å²) in [6.07, 6.45) is 15.8. The van der Waals surface area contributed by atoms with E-state index < -0.39 is 5.97 Å². The van der Waals surface area contributed by atoms with E-state index >= 15 is 0 Å². The van der Waals surface area contributed by atoms with Gasteiger partial charge in [-0.05, 0) is 6.42 Å². The Bertz CT molecular complexity index is 172. The van der Waals surface area contributed by atoms with Crippen LogP contribution in [0.2, 0.25) is 0 Å². The van der Waals surface area contributed by atoms with Crippen LogP contribution in [0.1, 0.15) is 90.4 Å². The molecule has 0 aliphatic heterocycles. The van der Waals surface area contributed by atoms with Gasteiger partial charge in [-0.1, -0.05) is 77.6 Å². The first-order chi connectivity index (χ1) is 8.27. The van der Waals surface area contributed by atoms with Gasteiger partial charge in [-0.2, -0.15) is 0 Å². The van der Waals surface area contributed by atoms with Crippen LogP contribution in [-0.4, -0.2) is 11.1 Å². The van der Waals surface area contributed by atoms with E-state index in [2.05, 4.69) is 6.92 Å². The summed E-state index contributed by atoms with van der Waals surface area (Å²) in [5.74, 6) is -0.655. The number of unbranched alkanes of at least 4 members (excludes halogenated alkanes) is 11. The van der Waals surface area contributed by atoms with Crippen LogP contribution in [0.5, 0.6) is 0 Å². The molecule has 0 fully saturated rings. The summed E-state index contributed by atoms with van der Waals surface area (Å²) in [7, 11) is 0. The maximum atomic E-state index is 10.3. The van der Waals surface area contributed by atoms with Crippen LogP contribution in [0.3, 0.4) is 0 Å². The first-order valence-corrected chi connectivity index (χ1v) is 7.49. The number of carbonyl (C=O) groups is 1. The van der Waals surface area contributed by atoms with Crippen LogP contribution >= 0.6 is 0 Å². The predicted molar refractivity (Wildman–Crippen MR) is 73.3 cm³/mol. The number of hydrogen-bond donors (Lipinski definition) is 1. The molecule has 0 saturated carbocycles. The second kappa shape index (κ2) is 17.2. The number of aliphatic carboxylic acids is 1. The zero-order chi connectivity index (χ0) is 12.8. The van der Waals surface area contributed by atoms with Gasteiger partial charge in [0.2, 0.25) is 0 Å². The van der Waals surface area contributed by atoms with Crippen molar-refractivity contribution in [3.8, 4) is 0 Å². The Kier molecular flexibility index (Phi) is 19.6. The van der Waals surface area contributed by atoms with Gasteiger partial charge < -0.3 is 5.11 Å². The van der Waals surface area contributed by atoms with Gasteiger partial charge in [-0.15, -0.1) is 0 Å². The van der Waals surface area contributed by atoms with Crippen molar-refractivity contribution in [3.63, 3.8) is 0 Å². The van der Waals surface area contributed by atoms with E-state index in [1.54, 1.807) is 0 Å². The molecule has 0 aromatic rings. The standard InChI is InChI=1S/C15H30O2.Ag/c1-2-3-4-5-6-7-8-9-10-11-12-13-14-15(16)17;/h2-14H2,1H3,(H,16,17);. The van der Waals surface area contributed by atoms with Gasteiger partial charge in [-0.3, -0.25) is 4.79 Å². The summed E-state index contributed by atoms with van der Waals surface area (Å²) >= 11 is 0. The second-order valence-electron chi connectivity index (χ2n) is 5.03. The minimum Gasteiger partial charge on any atom is -0.481 e. The van der Waals surface area contributed by atoms with Gasteiger partial charge in [0, 0.05) is 28.8 Å². The minimum absolute atomic E-state index is 0. The molecule has 0 atom stereocenters. The van der Waals surface area contributed by atoms with Crippen molar-refractivity contribution in [2.75, 3.05) is 0 Å². The molecule has 0 rings (SSSR count). The molecule has 113 valence electrons. The Balaban J connectivity index is 0. The van der Waals surface area contributed by atoms with Crippen molar-refractivity contribution < 1.29 is 32.3 Å². The number of carboxylic acids is 1. The third kappa shape index (κ3) is 18.6. The van der Waals surface area contributed by atoms with Crippen molar-refractivity contribution in [1.29, 1.82) is 0 Å². The molecule has 0 aliphatic carbocycles. The SMILES string of the molecule is CCCCCCCCCCCCCCC(=O)O.[Ag]. The Hall–Kier alpha value is 0.210. The molecular weight excluding hydrogens is 320 g/mol. The van der Waals surface area contributed by atoms with E-state index in [0.29, 0.717) is 6.42 Å². The summed E-state index contributed by atoms with van der Waals surface area (Å²) in [6, 6.07) is 0. The molecule has 0 heterocycles. The maximum Gasteiger partial charge on any atom is 0.303 e. The van der Waals surface area contributed by atoms with Crippen molar-refractivity contribution in [2.24, 2.45) is 0 Å². The van der Waals surface area contributed by atoms with Gasteiger partial charge >= 0.3 is 5.97 Å². The maximum absolute atomic E-state index is 10.3. The summed E-state index contributed by atoms with van der Waals surface area (Å²) in [5, 5.41) is 8.47. The van der Waals surface area contributed by atoms with Crippen LogP contribution in [0.25, 0.3) is 0 Å². The van der Waals surface area contributed by atoms with Crippen LogP contribution in [-0.2, 0) is 27.2 Å². The Morgan fingerprint density at radius 1 is 0.722 bits per heavy atom. The topological polar surface area (TPSA) is 37.3 Å². The van der Waals surface area contributed by atoms with E-state index in [1.165, 1.54) is 64.2 Å². The molecule has 0 amide bonds. The van der Waals surface area contributed by atoms with E-state index in [0.717, 1.165) is 12.8 Å². The molecule has 0 bridgehead atoms. The van der Waals surface area contributed by atoms with Crippen molar-refractivity contribution in [3.05, 3.63) is 0 Å². The molecule has 0 unspecified atom stereocenters. The van der Waals surface area contributed by atoms with Gasteiger partial charge in [-0.25, -0.2) is 0 Å². The second-order valence-corrected chi connectivity index (χ2v) is 5.03. The summed E-state index contributed by atoms with van der Waals surface area (Å²) < 4.78 is 0. The zero-order valence-electron chi connectivity index (χ0n) is 11.8. The minimum atomic E-state index is -0.655. The molecular formula is C15H30AgO2. The summed E-state index contributed by atoms with van der Waals surface area (Å²) in [5.41, 5.74) is 0. The average Bonchev–Trinajstić information content (AvgIpc) is 2.30. The smallest absolute Gasteiger partial charge is 0.303 e. The third-order valence-corrected chi connectivity index (χ3v) is 3.24. The quantitative estimate of drug-likeness (QED) is 0.368. The first kappa shape index (κ1) is 20.5. The number of carboxylic acid groups (broad SMARTS) is 1. The Labute approximate surface area is 128 Å². The van der Waals surface area contributed by atoms with Crippen molar-refractivity contribution in [2.45, 2.75) is 90.4 Å². The van der Waals surface area contributed by atoms with Gasteiger partial charge in [0.25, 0.3) is 0 Å². The summed E-state index contributed by atoms with van der Waals surface area (Å²) in [4.78, 5) is 10.3. The molecule has 1 radical (unpaired) electrons. The van der Waals surface area contributed by atoms with Crippen LogP contribution in [0.15, 0.2) is 0 Å². The van der Waals surface area contributed by atoms with Crippen LogP contribution in [0.4, 0.5) is 0 Å². The average molecular weight is 350 g/mol. The molecule has 0 aromatic carbocycles. The molecule has 18 heavy (non-hydrogen) atoms. The van der Waals surface area contributed by atoms with E-state index in [4.69, 9.17) is 5.11 Å². The van der Waals surface area contributed by atoms with Crippen LogP contribution in [0, 0.1) is 0 Å². The van der Waals surface area contributed by atoms with Gasteiger partial charge in [0.05, 0.1) is 0 Å². The molecule has 2 nitrogen and oxygen atoms in total. The van der Waals surface area contributed by atoms with E-state index in [1.807, 2.05) is 0 Å². The first-order valence-electron chi connectivity index (χ1n) is 7.49. The fourth-order valence-electron chi connectivity index (χ4n) is 2.12. The normalized spacial score (nSPS) is 10.1. The number of hydrogen-bond acceptors (Lipinski definition) is 1. The fraction of sp³-hybridized carbons (Fsp3) is 0.933. The molecule has 0 aliphatic rings. The largest absolute Gasteiger partial charge is 0.481 e. The monoisotopic (exact) mass is 349 g/mol. The Morgan fingerprint density at radius 3 is 1.39 bits per heavy atom. The van der Waals surface area contributed by atoms with Gasteiger partial charge in [0.15, 0.2) is 0 Å². The molecule has 0 saturated heterocycles. The Morgan fingerprint density at radius 2 is 1.06 bits per heavy atom. The molecule has 0 aromatic heterocycles. The summed E-state index contributed by atoms with van der Waals surface area (Å²) in [6.45, 7) is 2.25. The van der Waals surface area contributed by atoms with Gasteiger partial charge in [0.1, 0.15) is 0 Å². The third-order valence-electron chi connectivity index (χ3n) is 3.24. The fourth-order valence-corrected chi connectivity index (χ4v) is 2.12. The molecule has 1 N–H and O–H groups in total. The van der Waals surface area contributed by atoms with Crippen LogP contribution < -0.4 is 0 Å². The zero-order valence-corrected chi connectivity index (χ0v) is 13.3. The number of rotatable bonds is 13. The van der Waals surface area contributed by atoms with E-state index in [9.17, 15) is 4.79 Å². The molecule has 3 heteroatoms. The predicted octanol–water partition coefficient (Wildman–Crippen LogP) is 5.16. The molecule has 0 spiro atoms. The van der Waals surface area contributed by atoms with Crippen molar-refractivity contribution >= 4 is 5.97 Å². The van der Waals surface area contributed by atoms with E-state index in [-0.39, 0.29) is 22.4 Å².